The van der Waals surface area contributed by atoms with Gasteiger partial charge in [-0.1, -0.05) is 42.0 Å². The number of nitrogens with zero attached hydrogens (tertiary/aromatic N) is 1. The summed E-state index contributed by atoms with van der Waals surface area (Å²) in [7, 11) is 0. The first kappa shape index (κ1) is 16.3. The summed E-state index contributed by atoms with van der Waals surface area (Å²) < 4.78 is 5.56. The summed E-state index contributed by atoms with van der Waals surface area (Å²) >= 11 is 1.33. The van der Waals surface area contributed by atoms with Crippen molar-refractivity contribution in [1.29, 1.82) is 0 Å². The summed E-state index contributed by atoms with van der Waals surface area (Å²) in [6.07, 6.45) is 1.87. The average Bonchev–Trinajstić information content (AvgIpc) is 2.91. The zero-order valence-corrected chi connectivity index (χ0v) is 14.4. The lowest BCUT2D eigenvalue weighted by Gasteiger charge is -2.06. The molecule has 1 fully saturated rings. The van der Waals surface area contributed by atoms with Crippen LogP contribution in [0.25, 0.3) is 6.08 Å². The van der Waals surface area contributed by atoms with E-state index in [9.17, 15) is 4.79 Å². The van der Waals surface area contributed by atoms with Crippen molar-refractivity contribution in [3.05, 3.63) is 64.6 Å². The van der Waals surface area contributed by atoms with Gasteiger partial charge < -0.3 is 10.1 Å². The lowest BCUT2D eigenvalue weighted by Crippen LogP contribution is -2.19. The molecule has 0 saturated carbocycles. The highest BCUT2D eigenvalue weighted by atomic mass is 32.2. The van der Waals surface area contributed by atoms with Crippen LogP contribution in [-0.4, -0.2) is 17.7 Å². The Balaban J connectivity index is 1.83. The molecule has 1 aliphatic heterocycles. The molecule has 1 saturated heterocycles. The number of thioether (sulfide) groups is 1. The van der Waals surface area contributed by atoms with Gasteiger partial charge in [0.1, 0.15) is 11.4 Å². The highest BCUT2D eigenvalue weighted by molar-refractivity contribution is 8.18. The van der Waals surface area contributed by atoms with Crippen molar-refractivity contribution in [2.24, 2.45) is 4.99 Å². The number of nitrogens with one attached hydrogen (secondary N) is 1. The Morgan fingerprint density at radius 3 is 2.67 bits per heavy atom. The summed E-state index contributed by atoms with van der Waals surface area (Å²) in [6.45, 7) is 4.53. The number of aliphatic imine (C=N–C) groups is 1. The number of aryl methyl sites for hydroxylation is 1. The fourth-order valence-electron chi connectivity index (χ4n) is 2.23. The van der Waals surface area contributed by atoms with Crippen LogP contribution in [0.1, 0.15) is 18.1 Å². The number of benzene rings is 2. The summed E-state index contributed by atoms with van der Waals surface area (Å²) in [4.78, 5) is 17.3. The molecule has 0 spiro atoms. The first-order valence-corrected chi connectivity index (χ1v) is 8.55. The smallest absolute Gasteiger partial charge is 0.264 e. The van der Waals surface area contributed by atoms with Crippen LogP contribution >= 0.6 is 11.8 Å². The van der Waals surface area contributed by atoms with Gasteiger partial charge in [0.25, 0.3) is 5.91 Å². The predicted octanol–water partition coefficient (Wildman–Crippen LogP) is 4.29. The Bertz CT molecular complexity index is 810. The lowest BCUT2D eigenvalue weighted by molar-refractivity contribution is -0.115. The lowest BCUT2D eigenvalue weighted by atomic mass is 10.1. The second-order valence-electron chi connectivity index (χ2n) is 5.29. The quantitative estimate of drug-likeness (QED) is 0.846. The molecule has 24 heavy (non-hydrogen) atoms. The molecule has 1 aliphatic rings. The van der Waals surface area contributed by atoms with E-state index in [2.05, 4.69) is 10.3 Å². The number of hydrogen-bond acceptors (Lipinski definition) is 4. The van der Waals surface area contributed by atoms with Crippen LogP contribution in [-0.2, 0) is 4.79 Å². The fraction of sp³-hybridized carbons (Fsp3) is 0.158. The summed E-state index contributed by atoms with van der Waals surface area (Å²) in [5, 5.41) is 3.36. The topological polar surface area (TPSA) is 50.7 Å². The van der Waals surface area contributed by atoms with Crippen molar-refractivity contribution in [1.82, 2.24) is 5.32 Å². The van der Waals surface area contributed by atoms with E-state index in [1.165, 1.54) is 17.3 Å². The van der Waals surface area contributed by atoms with Crippen LogP contribution in [0.3, 0.4) is 0 Å². The zero-order chi connectivity index (χ0) is 16.9. The number of hydrogen-bond donors (Lipinski definition) is 1. The van der Waals surface area contributed by atoms with Gasteiger partial charge in [-0.2, -0.15) is 0 Å². The largest absolute Gasteiger partial charge is 0.492 e. The van der Waals surface area contributed by atoms with Crippen LogP contribution in [0.4, 0.5) is 5.69 Å². The van der Waals surface area contributed by atoms with E-state index >= 15 is 0 Å². The summed E-state index contributed by atoms with van der Waals surface area (Å²) in [5.74, 6) is 0.575. The molecule has 3 rings (SSSR count). The number of ether oxygens (including phenoxy) is 1. The highest BCUT2D eigenvalue weighted by Gasteiger charge is 2.24. The first-order valence-electron chi connectivity index (χ1n) is 7.74. The van der Waals surface area contributed by atoms with E-state index in [-0.39, 0.29) is 5.91 Å². The number of rotatable bonds is 4. The zero-order valence-electron chi connectivity index (χ0n) is 13.6. The molecular weight excluding hydrogens is 320 g/mol. The van der Waals surface area contributed by atoms with E-state index in [1.54, 1.807) is 0 Å². The van der Waals surface area contributed by atoms with Crippen LogP contribution in [0.5, 0.6) is 5.75 Å². The maximum Gasteiger partial charge on any atom is 0.264 e. The van der Waals surface area contributed by atoms with Crippen molar-refractivity contribution in [3.63, 3.8) is 0 Å². The Hall–Kier alpha value is -2.53. The third-order valence-electron chi connectivity index (χ3n) is 3.41. The molecule has 0 aliphatic carbocycles. The molecule has 1 amide bonds. The molecule has 2 aromatic rings. The van der Waals surface area contributed by atoms with Crippen molar-refractivity contribution >= 4 is 34.6 Å². The van der Waals surface area contributed by atoms with Crippen molar-refractivity contribution in [2.45, 2.75) is 13.8 Å². The van der Waals surface area contributed by atoms with Gasteiger partial charge in [0.2, 0.25) is 0 Å². The van der Waals surface area contributed by atoms with Gasteiger partial charge in [0, 0.05) is 0 Å². The molecule has 2 aromatic carbocycles. The molecule has 1 N–H and O–H groups in total. The van der Waals surface area contributed by atoms with E-state index in [0.29, 0.717) is 28.1 Å². The minimum absolute atomic E-state index is 0.131. The molecule has 4 nitrogen and oxygen atoms in total. The molecule has 0 unspecified atom stereocenters. The number of carbonyl (C=O) groups excluding carboxylic acids is 1. The van der Waals surface area contributed by atoms with Crippen LogP contribution < -0.4 is 10.1 Å². The van der Waals surface area contributed by atoms with Crippen LogP contribution in [0.15, 0.2) is 58.4 Å². The van der Waals surface area contributed by atoms with Crippen molar-refractivity contribution in [3.8, 4) is 5.75 Å². The number of amides is 1. The van der Waals surface area contributed by atoms with Gasteiger partial charge in [-0.05, 0) is 49.4 Å². The SMILES string of the molecule is CCOc1ccccc1N=C1NC(=O)C(=Cc2ccc(C)cc2)S1. The molecule has 5 heteroatoms. The van der Waals surface area contributed by atoms with Gasteiger partial charge in [-0.25, -0.2) is 4.99 Å². The van der Waals surface area contributed by atoms with Crippen molar-refractivity contribution in [2.75, 3.05) is 6.61 Å². The Kier molecular flexibility index (Phi) is 5.01. The standard InChI is InChI=1S/C19H18N2O2S/c1-3-23-16-7-5-4-6-15(16)20-19-21-18(22)17(24-19)12-14-10-8-13(2)9-11-14/h4-12H,3H2,1-2H3,(H,20,21,22). The van der Waals surface area contributed by atoms with E-state index < -0.39 is 0 Å². The van der Waals surface area contributed by atoms with Gasteiger partial charge in [0.15, 0.2) is 5.17 Å². The van der Waals surface area contributed by atoms with Crippen LogP contribution in [0.2, 0.25) is 0 Å². The maximum atomic E-state index is 12.1. The van der Waals surface area contributed by atoms with Gasteiger partial charge >= 0.3 is 0 Å². The number of amidine groups is 1. The summed E-state index contributed by atoms with van der Waals surface area (Å²) in [6, 6.07) is 15.6. The Morgan fingerprint density at radius 2 is 1.92 bits per heavy atom. The minimum Gasteiger partial charge on any atom is -0.492 e. The Labute approximate surface area is 145 Å². The monoisotopic (exact) mass is 338 g/mol. The molecule has 0 aromatic heterocycles. The molecule has 0 atom stereocenters. The fourth-order valence-corrected chi connectivity index (χ4v) is 3.07. The van der Waals surface area contributed by atoms with Gasteiger partial charge in [-0.15, -0.1) is 0 Å². The van der Waals surface area contributed by atoms with E-state index in [0.717, 1.165) is 5.56 Å². The van der Waals surface area contributed by atoms with Gasteiger partial charge in [-0.3, -0.25) is 4.79 Å². The van der Waals surface area contributed by atoms with E-state index in [1.807, 2.05) is 68.5 Å². The second kappa shape index (κ2) is 7.36. The predicted molar refractivity (Wildman–Crippen MR) is 99.6 cm³/mol. The Morgan fingerprint density at radius 1 is 1.17 bits per heavy atom. The normalized spacial score (nSPS) is 17.3. The van der Waals surface area contributed by atoms with Crippen LogP contribution in [0, 0.1) is 6.92 Å². The molecular formula is C19H18N2O2S. The van der Waals surface area contributed by atoms with Crippen molar-refractivity contribution < 1.29 is 9.53 Å². The average molecular weight is 338 g/mol. The third-order valence-corrected chi connectivity index (χ3v) is 4.32. The minimum atomic E-state index is -0.131. The number of para-hydroxylation sites is 2. The third kappa shape index (κ3) is 3.86. The van der Waals surface area contributed by atoms with E-state index in [4.69, 9.17) is 4.74 Å². The molecule has 122 valence electrons. The molecule has 0 bridgehead atoms. The highest BCUT2D eigenvalue weighted by Crippen LogP contribution is 2.32. The summed E-state index contributed by atoms with van der Waals surface area (Å²) in [5.41, 5.74) is 2.89. The molecule has 1 heterocycles. The first-order chi connectivity index (χ1) is 11.7. The second-order valence-corrected chi connectivity index (χ2v) is 6.32. The number of carbonyl (C=O) groups is 1. The van der Waals surface area contributed by atoms with Gasteiger partial charge in [0.05, 0.1) is 11.5 Å². The molecule has 0 radical (unpaired) electrons. The maximum absolute atomic E-state index is 12.1.